The minimum atomic E-state index is -0.553. The number of nitrogens with one attached hydrogen (secondary N) is 1. The summed E-state index contributed by atoms with van der Waals surface area (Å²) in [4.78, 5) is 11.7. The average molecular weight is 328 g/mol. The number of anilines is 1. The fraction of sp³-hybridized carbons (Fsp3) is 0.333. The zero-order valence-electron chi connectivity index (χ0n) is 9.03. The van der Waals surface area contributed by atoms with Gasteiger partial charge in [-0.2, -0.15) is 5.26 Å². The van der Waals surface area contributed by atoms with E-state index in [0.717, 1.165) is 15.7 Å². The van der Waals surface area contributed by atoms with Crippen LogP contribution in [0.3, 0.4) is 0 Å². The molecule has 0 aliphatic heterocycles. The van der Waals surface area contributed by atoms with Crippen LogP contribution in [0.4, 0.5) is 5.69 Å². The van der Waals surface area contributed by atoms with E-state index in [1.54, 1.807) is 0 Å². The van der Waals surface area contributed by atoms with Crippen LogP contribution in [-0.4, -0.2) is 5.91 Å². The third-order valence-electron chi connectivity index (χ3n) is 2.14. The van der Waals surface area contributed by atoms with Gasteiger partial charge in [-0.1, -0.05) is 19.4 Å². The van der Waals surface area contributed by atoms with Crippen LogP contribution >= 0.6 is 22.6 Å². The quantitative estimate of drug-likeness (QED) is 0.863. The van der Waals surface area contributed by atoms with Crippen molar-refractivity contribution in [1.82, 2.24) is 0 Å². The second-order valence-electron chi connectivity index (χ2n) is 3.47. The molecule has 0 saturated carbocycles. The lowest BCUT2D eigenvalue weighted by atomic mass is 10.0. The van der Waals surface area contributed by atoms with Crippen LogP contribution in [0.1, 0.15) is 19.8 Å². The van der Waals surface area contributed by atoms with Gasteiger partial charge in [0, 0.05) is 9.26 Å². The minimum Gasteiger partial charge on any atom is -0.325 e. The standard InChI is InChI=1S/C12H13IN2O/c1-2-4-9(8-14)12(16)15-11-6-3-5-10(13)7-11/h3,5-7,9H,2,4H2,1H3,(H,15,16). The van der Waals surface area contributed by atoms with Gasteiger partial charge < -0.3 is 5.32 Å². The van der Waals surface area contributed by atoms with E-state index in [1.807, 2.05) is 37.3 Å². The van der Waals surface area contributed by atoms with Gasteiger partial charge in [-0.15, -0.1) is 0 Å². The molecule has 0 saturated heterocycles. The summed E-state index contributed by atoms with van der Waals surface area (Å²) >= 11 is 2.18. The SMILES string of the molecule is CCCC(C#N)C(=O)Nc1cccc(I)c1. The van der Waals surface area contributed by atoms with E-state index in [1.165, 1.54) is 0 Å². The molecule has 1 aromatic rings. The first-order valence-corrected chi connectivity index (χ1v) is 6.21. The molecular formula is C12H13IN2O. The number of nitriles is 1. The number of nitrogens with zero attached hydrogens (tertiary/aromatic N) is 1. The Kier molecular flexibility index (Phi) is 5.26. The highest BCUT2D eigenvalue weighted by molar-refractivity contribution is 14.1. The van der Waals surface area contributed by atoms with Crippen molar-refractivity contribution in [3.63, 3.8) is 0 Å². The van der Waals surface area contributed by atoms with Crippen molar-refractivity contribution in [1.29, 1.82) is 5.26 Å². The zero-order chi connectivity index (χ0) is 12.0. The summed E-state index contributed by atoms with van der Waals surface area (Å²) in [7, 11) is 0. The average Bonchev–Trinajstić information content (AvgIpc) is 2.25. The van der Waals surface area contributed by atoms with E-state index in [-0.39, 0.29) is 5.91 Å². The Balaban J connectivity index is 2.67. The predicted molar refractivity (Wildman–Crippen MR) is 71.8 cm³/mol. The second-order valence-corrected chi connectivity index (χ2v) is 4.72. The predicted octanol–water partition coefficient (Wildman–Crippen LogP) is 3.17. The molecule has 1 unspecified atom stereocenters. The number of carbonyl (C=O) groups is 1. The Morgan fingerprint density at radius 2 is 2.38 bits per heavy atom. The fourth-order valence-electron chi connectivity index (χ4n) is 1.34. The van der Waals surface area contributed by atoms with Crippen LogP contribution < -0.4 is 5.32 Å². The van der Waals surface area contributed by atoms with Gasteiger partial charge in [0.05, 0.1) is 6.07 Å². The molecule has 0 bridgehead atoms. The van der Waals surface area contributed by atoms with Gasteiger partial charge in [0.1, 0.15) is 5.92 Å². The second kappa shape index (κ2) is 6.48. The van der Waals surface area contributed by atoms with E-state index in [9.17, 15) is 4.79 Å². The van der Waals surface area contributed by atoms with E-state index in [2.05, 4.69) is 27.9 Å². The summed E-state index contributed by atoms with van der Waals surface area (Å²) in [5.74, 6) is -0.769. The molecule has 1 N–H and O–H groups in total. The number of hydrogen-bond acceptors (Lipinski definition) is 2. The molecule has 4 heteroatoms. The third-order valence-corrected chi connectivity index (χ3v) is 2.81. The van der Waals surface area contributed by atoms with Gasteiger partial charge in [-0.3, -0.25) is 4.79 Å². The normalized spacial score (nSPS) is 11.6. The van der Waals surface area contributed by atoms with Crippen LogP contribution in [0.5, 0.6) is 0 Å². The highest BCUT2D eigenvalue weighted by Gasteiger charge is 2.16. The highest BCUT2D eigenvalue weighted by atomic mass is 127. The van der Waals surface area contributed by atoms with Crippen molar-refractivity contribution in [2.45, 2.75) is 19.8 Å². The first-order valence-electron chi connectivity index (χ1n) is 5.13. The summed E-state index contributed by atoms with van der Waals surface area (Å²) in [6, 6.07) is 9.54. The largest absolute Gasteiger partial charge is 0.325 e. The first kappa shape index (κ1) is 13.0. The minimum absolute atomic E-state index is 0.216. The summed E-state index contributed by atoms with van der Waals surface area (Å²) < 4.78 is 1.05. The van der Waals surface area contributed by atoms with E-state index in [4.69, 9.17) is 5.26 Å². The molecule has 1 rings (SSSR count). The maximum absolute atomic E-state index is 11.7. The monoisotopic (exact) mass is 328 g/mol. The maximum atomic E-state index is 11.7. The van der Waals surface area contributed by atoms with Gasteiger partial charge in [0.25, 0.3) is 0 Å². The Labute approximate surface area is 109 Å². The first-order chi connectivity index (χ1) is 7.67. The highest BCUT2D eigenvalue weighted by Crippen LogP contribution is 2.14. The van der Waals surface area contributed by atoms with Gasteiger partial charge >= 0.3 is 0 Å². The molecule has 0 aromatic heterocycles. The Bertz CT molecular complexity index is 412. The molecule has 0 aliphatic rings. The topological polar surface area (TPSA) is 52.9 Å². The van der Waals surface area contributed by atoms with E-state index >= 15 is 0 Å². The summed E-state index contributed by atoms with van der Waals surface area (Å²) in [5, 5.41) is 11.6. The van der Waals surface area contributed by atoms with Crippen LogP contribution in [0, 0.1) is 20.8 Å². The molecule has 0 radical (unpaired) electrons. The lowest BCUT2D eigenvalue weighted by molar-refractivity contribution is -0.118. The van der Waals surface area contributed by atoms with Crippen LogP contribution in [0.25, 0.3) is 0 Å². The number of amides is 1. The van der Waals surface area contributed by atoms with Crippen LogP contribution in [-0.2, 0) is 4.79 Å². The Hall–Kier alpha value is -1.09. The summed E-state index contributed by atoms with van der Waals surface area (Å²) in [5.41, 5.74) is 0.744. The molecular weight excluding hydrogens is 315 g/mol. The smallest absolute Gasteiger partial charge is 0.241 e. The van der Waals surface area contributed by atoms with Gasteiger partial charge in [0.2, 0.25) is 5.91 Å². The molecule has 0 aliphatic carbocycles. The van der Waals surface area contributed by atoms with Crippen molar-refractivity contribution in [3.05, 3.63) is 27.8 Å². The lowest BCUT2D eigenvalue weighted by Crippen LogP contribution is -2.21. The van der Waals surface area contributed by atoms with E-state index in [0.29, 0.717) is 6.42 Å². The van der Waals surface area contributed by atoms with Gasteiger partial charge in [0.15, 0.2) is 0 Å². The Morgan fingerprint density at radius 3 is 2.94 bits per heavy atom. The number of benzene rings is 1. The summed E-state index contributed by atoms with van der Waals surface area (Å²) in [6.45, 7) is 1.96. The van der Waals surface area contributed by atoms with E-state index < -0.39 is 5.92 Å². The van der Waals surface area contributed by atoms with Crippen molar-refractivity contribution < 1.29 is 4.79 Å². The number of carbonyl (C=O) groups excluding carboxylic acids is 1. The van der Waals surface area contributed by atoms with Crippen molar-refractivity contribution >= 4 is 34.2 Å². The lowest BCUT2D eigenvalue weighted by Gasteiger charge is -2.09. The molecule has 16 heavy (non-hydrogen) atoms. The molecule has 0 fully saturated rings. The number of hydrogen-bond donors (Lipinski definition) is 1. The molecule has 0 heterocycles. The maximum Gasteiger partial charge on any atom is 0.241 e. The molecule has 1 atom stereocenters. The van der Waals surface area contributed by atoms with Gasteiger partial charge in [-0.25, -0.2) is 0 Å². The van der Waals surface area contributed by atoms with Crippen molar-refractivity contribution in [3.8, 4) is 6.07 Å². The van der Waals surface area contributed by atoms with Crippen molar-refractivity contribution in [2.75, 3.05) is 5.32 Å². The molecule has 0 spiro atoms. The van der Waals surface area contributed by atoms with Crippen molar-refractivity contribution in [2.24, 2.45) is 5.92 Å². The molecule has 84 valence electrons. The zero-order valence-corrected chi connectivity index (χ0v) is 11.2. The third kappa shape index (κ3) is 3.81. The van der Waals surface area contributed by atoms with Crippen LogP contribution in [0.15, 0.2) is 24.3 Å². The van der Waals surface area contributed by atoms with Gasteiger partial charge in [-0.05, 0) is 47.2 Å². The Morgan fingerprint density at radius 1 is 1.62 bits per heavy atom. The molecule has 3 nitrogen and oxygen atoms in total. The molecule has 1 aromatic carbocycles. The van der Waals surface area contributed by atoms with Crippen LogP contribution in [0.2, 0.25) is 0 Å². The number of halogens is 1. The summed E-state index contributed by atoms with van der Waals surface area (Å²) in [6.07, 6.45) is 1.43. The fourth-order valence-corrected chi connectivity index (χ4v) is 1.88. The molecule has 1 amide bonds. The number of rotatable bonds is 4.